The fraction of sp³-hybridized carbons (Fsp3) is 0.357. The van der Waals surface area contributed by atoms with Gasteiger partial charge in [-0.15, -0.1) is 11.3 Å². The van der Waals surface area contributed by atoms with E-state index >= 15 is 0 Å². The average molecular weight is 311 g/mol. The van der Waals surface area contributed by atoms with Crippen LogP contribution in [0.25, 0.3) is 10.6 Å². The molecule has 2 heterocycles. The number of ether oxygens (including phenoxy) is 2. The Balaban J connectivity index is 2.01. The van der Waals surface area contributed by atoms with Crippen LogP contribution in [0.3, 0.4) is 0 Å². The lowest BCUT2D eigenvalue weighted by Crippen LogP contribution is -2.01. The summed E-state index contributed by atoms with van der Waals surface area (Å²) >= 11 is 7.85. The second kappa shape index (κ2) is 5.60. The minimum absolute atomic E-state index is 0.0165. The highest BCUT2D eigenvalue weighted by atomic mass is 35.5. The molecule has 0 spiro atoms. The minimum atomic E-state index is -0.0165. The first-order valence-electron chi connectivity index (χ1n) is 6.46. The van der Waals surface area contributed by atoms with Gasteiger partial charge >= 0.3 is 0 Å². The molecule has 20 heavy (non-hydrogen) atoms. The van der Waals surface area contributed by atoms with E-state index in [9.17, 15) is 0 Å². The summed E-state index contributed by atoms with van der Waals surface area (Å²) in [7, 11) is 0. The number of aromatic nitrogens is 1. The van der Waals surface area contributed by atoms with Gasteiger partial charge in [-0.25, -0.2) is 4.98 Å². The SMILES string of the molecule is CC(N)c1cnc(-c2cc(Cl)c3c(c2)OCCCO3)s1. The van der Waals surface area contributed by atoms with Crippen LogP contribution in [0.15, 0.2) is 18.3 Å². The van der Waals surface area contributed by atoms with Crippen LogP contribution < -0.4 is 15.2 Å². The van der Waals surface area contributed by atoms with Gasteiger partial charge in [-0.1, -0.05) is 11.6 Å². The summed E-state index contributed by atoms with van der Waals surface area (Å²) in [5.74, 6) is 1.31. The molecule has 2 aromatic rings. The minimum Gasteiger partial charge on any atom is -0.489 e. The topological polar surface area (TPSA) is 57.4 Å². The third kappa shape index (κ3) is 2.61. The predicted octanol–water partition coefficient (Wildman–Crippen LogP) is 3.64. The fourth-order valence-corrected chi connectivity index (χ4v) is 3.11. The highest BCUT2D eigenvalue weighted by Gasteiger charge is 2.17. The molecule has 6 heteroatoms. The van der Waals surface area contributed by atoms with E-state index in [-0.39, 0.29) is 6.04 Å². The smallest absolute Gasteiger partial charge is 0.179 e. The van der Waals surface area contributed by atoms with Crippen molar-refractivity contribution in [3.05, 3.63) is 28.2 Å². The molecule has 0 saturated carbocycles. The first-order chi connectivity index (χ1) is 9.65. The van der Waals surface area contributed by atoms with Crippen molar-refractivity contribution >= 4 is 22.9 Å². The number of hydrogen-bond acceptors (Lipinski definition) is 5. The van der Waals surface area contributed by atoms with Gasteiger partial charge in [0.15, 0.2) is 11.5 Å². The third-order valence-corrected chi connectivity index (χ3v) is 4.55. The van der Waals surface area contributed by atoms with Crippen LogP contribution in [0.4, 0.5) is 0 Å². The number of halogens is 1. The van der Waals surface area contributed by atoms with Crippen molar-refractivity contribution < 1.29 is 9.47 Å². The van der Waals surface area contributed by atoms with E-state index in [4.69, 9.17) is 26.8 Å². The molecule has 0 aliphatic carbocycles. The molecule has 0 bridgehead atoms. The van der Waals surface area contributed by atoms with Gasteiger partial charge in [0.1, 0.15) is 5.01 Å². The van der Waals surface area contributed by atoms with Crippen molar-refractivity contribution in [2.24, 2.45) is 5.73 Å². The summed E-state index contributed by atoms with van der Waals surface area (Å²) in [6, 6.07) is 3.77. The van der Waals surface area contributed by atoms with Crippen LogP contribution in [0.1, 0.15) is 24.3 Å². The highest BCUT2D eigenvalue weighted by molar-refractivity contribution is 7.15. The van der Waals surface area contributed by atoms with Crippen LogP contribution >= 0.6 is 22.9 Å². The van der Waals surface area contributed by atoms with E-state index in [0.29, 0.717) is 29.7 Å². The summed E-state index contributed by atoms with van der Waals surface area (Å²) in [6.45, 7) is 3.20. The first-order valence-corrected chi connectivity index (χ1v) is 7.65. The van der Waals surface area contributed by atoms with E-state index in [2.05, 4.69) is 4.98 Å². The standard InChI is InChI=1S/C14H15ClN2O2S/c1-8(16)12-7-17-14(20-12)9-5-10(15)13-11(6-9)18-3-2-4-19-13/h5-8H,2-4,16H2,1H3. The Morgan fingerprint density at radius 3 is 2.90 bits per heavy atom. The molecule has 1 atom stereocenters. The number of nitrogens with zero attached hydrogens (tertiary/aromatic N) is 1. The van der Waals surface area contributed by atoms with Crippen LogP contribution in [0, 0.1) is 0 Å². The number of fused-ring (bicyclic) bond motifs is 1. The van der Waals surface area contributed by atoms with Gasteiger partial charge in [0, 0.05) is 29.1 Å². The Kier molecular flexibility index (Phi) is 3.83. The van der Waals surface area contributed by atoms with E-state index in [1.165, 1.54) is 0 Å². The van der Waals surface area contributed by atoms with Crippen molar-refractivity contribution in [3.8, 4) is 22.1 Å². The summed E-state index contributed by atoms with van der Waals surface area (Å²) in [5, 5.41) is 1.44. The lowest BCUT2D eigenvalue weighted by atomic mass is 10.2. The van der Waals surface area contributed by atoms with Gasteiger partial charge in [0.25, 0.3) is 0 Å². The molecule has 106 valence electrons. The maximum absolute atomic E-state index is 6.29. The third-order valence-electron chi connectivity index (χ3n) is 3.02. The van der Waals surface area contributed by atoms with E-state index in [0.717, 1.165) is 21.9 Å². The van der Waals surface area contributed by atoms with Gasteiger partial charge in [0.2, 0.25) is 0 Å². The quantitative estimate of drug-likeness (QED) is 0.920. The molecule has 4 nitrogen and oxygen atoms in total. The zero-order valence-corrected chi connectivity index (χ0v) is 12.6. The summed E-state index contributed by atoms with van der Waals surface area (Å²) in [5.41, 5.74) is 6.79. The van der Waals surface area contributed by atoms with Gasteiger partial charge in [-0.05, 0) is 19.1 Å². The molecular formula is C14H15ClN2O2S. The number of hydrogen-bond donors (Lipinski definition) is 1. The first kappa shape index (κ1) is 13.7. The number of benzene rings is 1. The zero-order chi connectivity index (χ0) is 14.1. The maximum Gasteiger partial charge on any atom is 0.179 e. The lowest BCUT2D eigenvalue weighted by molar-refractivity contribution is 0.297. The molecule has 0 fully saturated rings. The lowest BCUT2D eigenvalue weighted by Gasteiger charge is -2.10. The highest BCUT2D eigenvalue weighted by Crippen LogP contribution is 2.41. The second-order valence-electron chi connectivity index (χ2n) is 4.69. The summed E-state index contributed by atoms with van der Waals surface area (Å²) < 4.78 is 11.3. The van der Waals surface area contributed by atoms with Crippen molar-refractivity contribution in [1.82, 2.24) is 4.98 Å². The number of nitrogens with two attached hydrogens (primary N) is 1. The van der Waals surface area contributed by atoms with Crippen LogP contribution in [-0.2, 0) is 0 Å². The van der Waals surface area contributed by atoms with E-state index in [1.807, 2.05) is 25.3 Å². The number of rotatable bonds is 2. The Morgan fingerprint density at radius 2 is 2.15 bits per heavy atom. The van der Waals surface area contributed by atoms with Crippen molar-refractivity contribution in [3.63, 3.8) is 0 Å². The molecule has 1 aromatic heterocycles. The number of thiazole rings is 1. The monoisotopic (exact) mass is 310 g/mol. The molecule has 2 N–H and O–H groups in total. The molecule has 1 aromatic carbocycles. The van der Waals surface area contributed by atoms with Gasteiger partial charge in [-0.2, -0.15) is 0 Å². The maximum atomic E-state index is 6.29. The van der Waals surface area contributed by atoms with Crippen molar-refractivity contribution in [1.29, 1.82) is 0 Å². The van der Waals surface area contributed by atoms with Crippen LogP contribution in [0.2, 0.25) is 5.02 Å². The molecule has 0 amide bonds. The molecule has 1 aliphatic rings. The van der Waals surface area contributed by atoms with E-state index < -0.39 is 0 Å². The Morgan fingerprint density at radius 1 is 1.35 bits per heavy atom. The molecular weight excluding hydrogens is 296 g/mol. The predicted molar refractivity (Wildman–Crippen MR) is 80.8 cm³/mol. The van der Waals surface area contributed by atoms with Gasteiger partial charge < -0.3 is 15.2 Å². The Labute approximate surface area is 126 Å². The van der Waals surface area contributed by atoms with Gasteiger partial charge in [0.05, 0.1) is 18.2 Å². The van der Waals surface area contributed by atoms with Crippen LogP contribution in [0.5, 0.6) is 11.5 Å². The largest absolute Gasteiger partial charge is 0.489 e. The van der Waals surface area contributed by atoms with Gasteiger partial charge in [-0.3, -0.25) is 0 Å². The zero-order valence-electron chi connectivity index (χ0n) is 11.1. The normalized spacial score (nSPS) is 15.8. The molecule has 1 unspecified atom stereocenters. The average Bonchev–Trinajstić information content (AvgIpc) is 2.79. The summed E-state index contributed by atoms with van der Waals surface area (Å²) in [4.78, 5) is 5.45. The fourth-order valence-electron chi connectivity index (χ4n) is 1.98. The van der Waals surface area contributed by atoms with E-state index in [1.54, 1.807) is 11.3 Å². The Hall–Kier alpha value is -1.30. The molecule has 1 aliphatic heterocycles. The second-order valence-corrected chi connectivity index (χ2v) is 6.16. The molecule has 3 rings (SSSR count). The molecule has 0 radical (unpaired) electrons. The summed E-state index contributed by atoms with van der Waals surface area (Å²) in [6.07, 6.45) is 2.66. The van der Waals surface area contributed by atoms with Crippen molar-refractivity contribution in [2.45, 2.75) is 19.4 Å². The molecule has 0 saturated heterocycles. The van der Waals surface area contributed by atoms with Crippen LogP contribution in [-0.4, -0.2) is 18.2 Å². The van der Waals surface area contributed by atoms with Crippen molar-refractivity contribution in [2.75, 3.05) is 13.2 Å². The Bertz CT molecular complexity index is 628.